The van der Waals surface area contributed by atoms with Crippen molar-refractivity contribution in [2.45, 2.75) is 31.7 Å². The van der Waals surface area contributed by atoms with Crippen molar-refractivity contribution in [3.63, 3.8) is 0 Å². The maximum atomic E-state index is 6.12. The van der Waals surface area contributed by atoms with E-state index in [0.717, 1.165) is 22.9 Å². The molecule has 1 aliphatic rings. The predicted molar refractivity (Wildman–Crippen MR) is 88.5 cm³/mol. The summed E-state index contributed by atoms with van der Waals surface area (Å²) in [5, 5.41) is 4.33. The third kappa shape index (κ3) is 2.86. The highest BCUT2D eigenvalue weighted by Gasteiger charge is 2.24. The smallest absolute Gasteiger partial charge is 0.142 e. The van der Waals surface area contributed by atoms with E-state index >= 15 is 0 Å². The first-order valence-corrected chi connectivity index (χ1v) is 7.75. The Hall–Kier alpha value is -1.67. The third-order valence-electron chi connectivity index (χ3n) is 4.28. The largest absolute Gasteiger partial charge is 0.495 e. The van der Waals surface area contributed by atoms with Gasteiger partial charge in [0.25, 0.3) is 0 Å². The summed E-state index contributed by atoms with van der Waals surface area (Å²) in [6, 6.07) is 14.7. The lowest BCUT2D eigenvalue weighted by molar-refractivity contribution is 0.415. The molecule has 2 unspecified atom stereocenters. The van der Waals surface area contributed by atoms with Crippen LogP contribution in [-0.2, 0) is 0 Å². The summed E-state index contributed by atoms with van der Waals surface area (Å²) in [6.45, 7) is 2.30. The van der Waals surface area contributed by atoms with E-state index in [0.29, 0.717) is 12.0 Å². The van der Waals surface area contributed by atoms with Crippen LogP contribution in [0.1, 0.15) is 42.9 Å². The zero-order valence-electron chi connectivity index (χ0n) is 12.4. The van der Waals surface area contributed by atoms with Gasteiger partial charge in [0.2, 0.25) is 0 Å². The number of methoxy groups -OCH3 is 1. The lowest BCUT2D eigenvalue weighted by atomic mass is 9.81. The van der Waals surface area contributed by atoms with Gasteiger partial charge in [-0.3, -0.25) is 0 Å². The molecule has 0 aromatic heterocycles. The number of hydrogen-bond acceptors (Lipinski definition) is 2. The lowest BCUT2D eigenvalue weighted by Crippen LogP contribution is -2.19. The van der Waals surface area contributed by atoms with Crippen LogP contribution in [0, 0.1) is 0 Å². The molecule has 3 heteroatoms. The number of nitrogens with one attached hydrogen (secondary N) is 1. The number of halogens is 1. The van der Waals surface area contributed by atoms with Gasteiger partial charge in [-0.05, 0) is 48.1 Å². The van der Waals surface area contributed by atoms with Gasteiger partial charge in [0.15, 0.2) is 0 Å². The fourth-order valence-electron chi connectivity index (χ4n) is 3.14. The van der Waals surface area contributed by atoms with Crippen molar-refractivity contribution in [3.05, 3.63) is 58.6 Å². The fraction of sp³-hybridized carbons (Fsp3) is 0.333. The summed E-state index contributed by atoms with van der Waals surface area (Å²) in [6.07, 6.45) is 2.31. The second kappa shape index (κ2) is 5.98. The Balaban J connectivity index is 1.93. The molecule has 2 nitrogen and oxygen atoms in total. The zero-order chi connectivity index (χ0) is 14.8. The van der Waals surface area contributed by atoms with Crippen LogP contribution in [0.25, 0.3) is 0 Å². The van der Waals surface area contributed by atoms with Crippen LogP contribution in [0.2, 0.25) is 5.02 Å². The minimum atomic E-state index is 0.310. The van der Waals surface area contributed by atoms with E-state index in [2.05, 4.69) is 36.5 Å². The van der Waals surface area contributed by atoms with E-state index < -0.39 is 0 Å². The van der Waals surface area contributed by atoms with Crippen LogP contribution in [-0.4, -0.2) is 7.11 Å². The molecule has 2 aromatic carbocycles. The maximum absolute atomic E-state index is 6.12. The van der Waals surface area contributed by atoms with Crippen molar-refractivity contribution < 1.29 is 4.74 Å². The molecule has 0 radical (unpaired) electrons. The zero-order valence-corrected chi connectivity index (χ0v) is 13.2. The first kappa shape index (κ1) is 14.3. The molecule has 0 bridgehead atoms. The second-order valence-electron chi connectivity index (χ2n) is 5.65. The monoisotopic (exact) mass is 301 g/mol. The van der Waals surface area contributed by atoms with Gasteiger partial charge in [0.05, 0.1) is 18.8 Å². The molecule has 0 saturated carbocycles. The fourth-order valence-corrected chi connectivity index (χ4v) is 3.31. The molecule has 0 heterocycles. The number of ether oxygens (including phenoxy) is 1. The SMILES string of the molecule is COc1ccc(Cl)cc1NC1CCC(C)c2ccccc21. The molecule has 0 saturated heterocycles. The van der Waals surface area contributed by atoms with Gasteiger partial charge in [-0.2, -0.15) is 0 Å². The van der Waals surface area contributed by atoms with Gasteiger partial charge < -0.3 is 10.1 Å². The Morgan fingerprint density at radius 2 is 1.86 bits per heavy atom. The van der Waals surface area contributed by atoms with E-state index in [4.69, 9.17) is 16.3 Å². The molecule has 0 fully saturated rings. The van der Waals surface area contributed by atoms with E-state index in [-0.39, 0.29) is 0 Å². The Morgan fingerprint density at radius 3 is 2.62 bits per heavy atom. The number of anilines is 1. The highest BCUT2D eigenvalue weighted by Crippen LogP contribution is 2.40. The Morgan fingerprint density at radius 1 is 1.10 bits per heavy atom. The Bertz CT molecular complexity index is 641. The van der Waals surface area contributed by atoms with Crippen molar-refractivity contribution in [3.8, 4) is 5.75 Å². The van der Waals surface area contributed by atoms with E-state index in [1.54, 1.807) is 7.11 Å². The molecule has 1 N–H and O–H groups in total. The summed E-state index contributed by atoms with van der Waals surface area (Å²) in [4.78, 5) is 0. The first-order chi connectivity index (χ1) is 10.2. The number of hydrogen-bond donors (Lipinski definition) is 1. The topological polar surface area (TPSA) is 21.3 Å². The van der Waals surface area contributed by atoms with Crippen molar-refractivity contribution in [2.24, 2.45) is 0 Å². The standard InChI is InChI=1S/C18H20ClNO/c1-12-7-9-16(15-6-4-3-5-14(12)15)20-17-11-13(19)8-10-18(17)21-2/h3-6,8,10-12,16,20H,7,9H2,1-2H3. The average Bonchev–Trinajstić information content (AvgIpc) is 2.51. The van der Waals surface area contributed by atoms with Gasteiger partial charge >= 0.3 is 0 Å². The molecule has 2 aromatic rings. The molecule has 3 rings (SSSR count). The van der Waals surface area contributed by atoms with Crippen LogP contribution in [0.4, 0.5) is 5.69 Å². The minimum Gasteiger partial charge on any atom is -0.495 e. The number of rotatable bonds is 3. The normalized spacial score (nSPS) is 20.7. The number of benzene rings is 2. The van der Waals surface area contributed by atoms with E-state index in [1.807, 2.05) is 18.2 Å². The van der Waals surface area contributed by atoms with Crippen LogP contribution in [0.5, 0.6) is 5.75 Å². The van der Waals surface area contributed by atoms with Gasteiger partial charge in [-0.1, -0.05) is 42.8 Å². The summed E-state index contributed by atoms with van der Waals surface area (Å²) in [5.74, 6) is 1.45. The van der Waals surface area contributed by atoms with Gasteiger partial charge in [-0.25, -0.2) is 0 Å². The van der Waals surface area contributed by atoms with Crippen molar-refractivity contribution in [1.29, 1.82) is 0 Å². The van der Waals surface area contributed by atoms with Gasteiger partial charge in [-0.15, -0.1) is 0 Å². The van der Waals surface area contributed by atoms with Crippen LogP contribution in [0.15, 0.2) is 42.5 Å². The summed E-state index contributed by atoms with van der Waals surface area (Å²) in [7, 11) is 1.69. The van der Waals surface area contributed by atoms with Gasteiger partial charge in [0, 0.05) is 5.02 Å². The molecule has 21 heavy (non-hydrogen) atoms. The third-order valence-corrected chi connectivity index (χ3v) is 4.52. The van der Waals surface area contributed by atoms with Crippen molar-refractivity contribution in [1.82, 2.24) is 0 Å². The second-order valence-corrected chi connectivity index (χ2v) is 6.09. The van der Waals surface area contributed by atoms with Crippen LogP contribution >= 0.6 is 11.6 Å². The highest BCUT2D eigenvalue weighted by atomic mass is 35.5. The minimum absolute atomic E-state index is 0.310. The maximum Gasteiger partial charge on any atom is 0.142 e. The molecule has 110 valence electrons. The predicted octanol–water partition coefficient (Wildman–Crippen LogP) is 5.40. The molecule has 0 aliphatic heterocycles. The van der Waals surface area contributed by atoms with Crippen LogP contribution < -0.4 is 10.1 Å². The molecule has 0 amide bonds. The lowest BCUT2D eigenvalue weighted by Gasteiger charge is -2.31. The molecular formula is C18H20ClNO. The first-order valence-electron chi connectivity index (χ1n) is 7.38. The molecule has 0 spiro atoms. The number of fused-ring (bicyclic) bond motifs is 1. The Labute approximate surface area is 131 Å². The van der Waals surface area contributed by atoms with E-state index in [1.165, 1.54) is 17.5 Å². The highest BCUT2D eigenvalue weighted by molar-refractivity contribution is 6.30. The van der Waals surface area contributed by atoms with Gasteiger partial charge in [0.1, 0.15) is 5.75 Å². The summed E-state index contributed by atoms with van der Waals surface area (Å²) >= 11 is 6.12. The molecular weight excluding hydrogens is 282 g/mol. The van der Waals surface area contributed by atoms with Crippen molar-refractivity contribution >= 4 is 17.3 Å². The quantitative estimate of drug-likeness (QED) is 0.819. The molecule has 2 atom stereocenters. The van der Waals surface area contributed by atoms with E-state index in [9.17, 15) is 0 Å². The average molecular weight is 302 g/mol. The molecule has 1 aliphatic carbocycles. The summed E-state index contributed by atoms with van der Waals surface area (Å²) < 4.78 is 5.43. The van der Waals surface area contributed by atoms with Crippen LogP contribution in [0.3, 0.4) is 0 Å². The van der Waals surface area contributed by atoms with Crippen molar-refractivity contribution in [2.75, 3.05) is 12.4 Å². The summed E-state index contributed by atoms with van der Waals surface area (Å²) in [5.41, 5.74) is 3.79. The Kier molecular flexibility index (Phi) is 4.07.